The van der Waals surface area contributed by atoms with Gasteiger partial charge in [-0.1, -0.05) is 49.4 Å². The van der Waals surface area contributed by atoms with Crippen molar-refractivity contribution < 1.29 is 9.59 Å². The molecule has 2 amide bonds. The maximum atomic E-state index is 12.9. The zero-order valence-electron chi connectivity index (χ0n) is 19.1. The van der Waals surface area contributed by atoms with Crippen molar-refractivity contribution in [3.63, 3.8) is 0 Å². The molecule has 1 unspecified atom stereocenters. The number of aromatic nitrogens is 2. The van der Waals surface area contributed by atoms with Crippen molar-refractivity contribution in [2.75, 3.05) is 0 Å². The summed E-state index contributed by atoms with van der Waals surface area (Å²) < 4.78 is 1.96. The van der Waals surface area contributed by atoms with Gasteiger partial charge in [-0.25, -0.2) is 0 Å². The Labute approximate surface area is 197 Å². The number of carbonyl (C=O) groups excluding carboxylic acids is 2. The van der Waals surface area contributed by atoms with Crippen LogP contribution in [-0.4, -0.2) is 27.6 Å². The zero-order valence-corrected chi connectivity index (χ0v) is 19.9. The summed E-state index contributed by atoms with van der Waals surface area (Å²) in [4.78, 5) is 26.9. The summed E-state index contributed by atoms with van der Waals surface area (Å²) in [6, 6.07) is 19.6. The van der Waals surface area contributed by atoms with E-state index < -0.39 is 0 Å². The second-order valence-electron chi connectivity index (χ2n) is 8.22. The van der Waals surface area contributed by atoms with Gasteiger partial charge in [-0.05, 0) is 49.6 Å². The topological polar surface area (TPSA) is 76.0 Å². The molecule has 0 fully saturated rings. The number of thiophene rings is 1. The van der Waals surface area contributed by atoms with Crippen LogP contribution in [0.1, 0.15) is 57.1 Å². The zero-order chi connectivity index (χ0) is 23.4. The fourth-order valence-corrected chi connectivity index (χ4v) is 4.67. The van der Waals surface area contributed by atoms with E-state index in [0.717, 1.165) is 27.9 Å². The Morgan fingerprint density at radius 1 is 1.03 bits per heavy atom. The molecule has 0 bridgehead atoms. The largest absolute Gasteiger partial charge is 0.350 e. The van der Waals surface area contributed by atoms with Crippen molar-refractivity contribution in [3.8, 4) is 0 Å². The molecule has 0 aliphatic rings. The van der Waals surface area contributed by atoms with E-state index in [1.807, 2.05) is 67.9 Å². The lowest BCUT2D eigenvalue weighted by molar-refractivity contribution is 0.0937. The smallest absolute Gasteiger partial charge is 0.261 e. The van der Waals surface area contributed by atoms with Crippen LogP contribution in [0.2, 0.25) is 0 Å². The molecule has 7 heteroatoms. The highest BCUT2D eigenvalue weighted by Gasteiger charge is 2.17. The minimum absolute atomic E-state index is 0.0968. The van der Waals surface area contributed by atoms with E-state index in [4.69, 9.17) is 0 Å². The van der Waals surface area contributed by atoms with Gasteiger partial charge in [-0.3, -0.25) is 14.3 Å². The van der Waals surface area contributed by atoms with Gasteiger partial charge in [0.25, 0.3) is 11.8 Å². The van der Waals surface area contributed by atoms with Crippen LogP contribution in [0.3, 0.4) is 0 Å². The highest BCUT2D eigenvalue weighted by molar-refractivity contribution is 7.20. The lowest BCUT2D eigenvalue weighted by Crippen LogP contribution is -2.32. The molecule has 0 aliphatic heterocycles. The van der Waals surface area contributed by atoms with E-state index in [2.05, 4.69) is 27.9 Å². The number of hydrogen-bond acceptors (Lipinski definition) is 4. The third-order valence-corrected chi connectivity index (χ3v) is 6.79. The van der Waals surface area contributed by atoms with Crippen LogP contribution >= 0.6 is 11.3 Å². The van der Waals surface area contributed by atoms with Crippen molar-refractivity contribution >= 4 is 33.4 Å². The first kappa shape index (κ1) is 22.7. The maximum Gasteiger partial charge on any atom is 0.261 e. The summed E-state index contributed by atoms with van der Waals surface area (Å²) in [5.41, 5.74) is 3.56. The highest BCUT2D eigenvalue weighted by Crippen LogP contribution is 2.29. The Morgan fingerprint density at radius 3 is 2.55 bits per heavy atom. The van der Waals surface area contributed by atoms with E-state index in [-0.39, 0.29) is 17.9 Å². The first-order valence-corrected chi connectivity index (χ1v) is 11.9. The van der Waals surface area contributed by atoms with Gasteiger partial charge in [0.2, 0.25) is 0 Å². The Bertz CT molecular complexity index is 1280. The molecule has 33 heavy (non-hydrogen) atoms. The molecule has 0 saturated heterocycles. The van der Waals surface area contributed by atoms with Crippen LogP contribution in [0.5, 0.6) is 0 Å². The second kappa shape index (κ2) is 10.0. The maximum absolute atomic E-state index is 12.9. The van der Waals surface area contributed by atoms with Crippen LogP contribution in [0.25, 0.3) is 10.2 Å². The van der Waals surface area contributed by atoms with Gasteiger partial charge in [0.1, 0.15) is 4.83 Å². The molecule has 1 atom stereocenters. The molecule has 2 N–H and O–H groups in total. The quantitative estimate of drug-likeness (QED) is 0.392. The van der Waals surface area contributed by atoms with Gasteiger partial charge < -0.3 is 10.6 Å². The normalized spacial score (nSPS) is 12.0. The molecule has 0 spiro atoms. The Morgan fingerprint density at radius 2 is 1.79 bits per heavy atom. The van der Waals surface area contributed by atoms with Crippen LogP contribution in [0.15, 0.2) is 60.7 Å². The fraction of sp³-hybridized carbons (Fsp3) is 0.269. The molecule has 2 heterocycles. The number of nitrogens with zero attached hydrogens (tertiary/aromatic N) is 2. The van der Waals surface area contributed by atoms with Crippen molar-refractivity contribution in [2.45, 2.75) is 46.3 Å². The van der Waals surface area contributed by atoms with E-state index >= 15 is 0 Å². The number of aryl methyl sites for hydroxylation is 1. The highest BCUT2D eigenvalue weighted by atomic mass is 32.1. The summed E-state index contributed by atoms with van der Waals surface area (Å²) in [5.74, 6) is -0.225. The summed E-state index contributed by atoms with van der Waals surface area (Å²) in [7, 11) is 0. The molecular weight excluding hydrogens is 432 g/mol. The third kappa shape index (κ3) is 5.31. The number of carbonyl (C=O) groups is 2. The first-order valence-electron chi connectivity index (χ1n) is 11.1. The lowest BCUT2D eigenvalue weighted by Gasteiger charge is -2.12. The van der Waals surface area contributed by atoms with E-state index in [9.17, 15) is 9.59 Å². The predicted octanol–water partition coefficient (Wildman–Crippen LogP) is 4.91. The van der Waals surface area contributed by atoms with Crippen molar-refractivity contribution in [1.82, 2.24) is 20.4 Å². The third-order valence-electron chi connectivity index (χ3n) is 5.64. The summed E-state index contributed by atoms with van der Waals surface area (Å²) in [6.45, 7) is 7.00. The molecule has 0 radical (unpaired) electrons. The molecule has 170 valence electrons. The number of amides is 2. The van der Waals surface area contributed by atoms with Gasteiger partial charge in [0, 0.05) is 23.5 Å². The Kier molecular flexibility index (Phi) is 6.89. The number of fused-ring (bicyclic) bond motifs is 1. The molecule has 2 aromatic heterocycles. The average Bonchev–Trinajstić information content (AvgIpc) is 3.39. The van der Waals surface area contributed by atoms with Crippen molar-refractivity contribution in [3.05, 3.63) is 87.9 Å². The molecule has 0 saturated carbocycles. The van der Waals surface area contributed by atoms with Crippen LogP contribution < -0.4 is 10.6 Å². The number of nitrogens with one attached hydrogen (secondary N) is 2. The SMILES string of the molecule is CCC(C)NC(=O)c1cccc(CNC(=O)c2cc3c(C)nn(Cc4ccccc4)c3s2)c1. The number of benzene rings is 2. The van der Waals surface area contributed by atoms with Crippen LogP contribution in [-0.2, 0) is 13.1 Å². The molecule has 4 rings (SSSR count). The van der Waals surface area contributed by atoms with Gasteiger partial charge in [-0.2, -0.15) is 5.10 Å². The monoisotopic (exact) mass is 460 g/mol. The van der Waals surface area contributed by atoms with Crippen molar-refractivity contribution in [2.24, 2.45) is 0 Å². The minimum Gasteiger partial charge on any atom is -0.350 e. The number of rotatable bonds is 8. The first-order chi connectivity index (χ1) is 15.9. The van der Waals surface area contributed by atoms with Gasteiger partial charge in [-0.15, -0.1) is 11.3 Å². The lowest BCUT2D eigenvalue weighted by atomic mass is 10.1. The van der Waals surface area contributed by atoms with E-state index in [0.29, 0.717) is 23.5 Å². The standard InChI is InChI=1S/C26H28N4O2S/c1-4-17(2)28-24(31)21-12-8-11-20(13-21)15-27-25(32)23-14-22-18(3)29-30(26(22)33-23)16-19-9-6-5-7-10-19/h5-14,17H,4,15-16H2,1-3H3,(H,27,32)(H,28,31). The van der Waals surface area contributed by atoms with Gasteiger partial charge >= 0.3 is 0 Å². The Balaban J connectivity index is 1.45. The molecule has 6 nitrogen and oxygen atoms in total. The van der Waals surface area contributed by atoms with E-state index in [1.54, 1.807) is 6.07 Å². The molecular formula is C26H28N4O2S. The van der Waals surface area contributed by atoms with Crippen molar-refractivity contribution in [1.29, 1.82) is 0 Å². The van der Waals surface area contributed by atoms with Gasteiger partial charge in [0.15, 0.2) is 0 Å². The summed E-state index contributed by atoms with van der Waals surface area (Å²) in [6.07, 6.45) is 0.874. The Hall–Kier alpha value is -3.45. The fourth-order valence-electron chi connectivity index (χ4n) is 3.59. The van der Waals surface area contributed by atoms with E-state index in [1.165, 1.54) is 16.9 Å². The molecule has 4 aromatic rings. The summed E-state index contributed by atoms with van der Waals surface area (Å²) in [5, 5.41) is 11.6. The molecule has 0 aliphatic carbocycles. The molecule has 2 aromatic carbocycles. The van der Waals surface area contributed by atoms with Crippen LogP contribution in [0, 0.1) is 6.92 Å². The predicted molar refractivity (Wildman–Crippen MR) is 133 cm³/mol. The number of hydrogen-bond donors (Lipinski definition) is 2. The minimum atomic E-state index is -0.128. The second-order valence-corrected chi connectivity index (χ2v) is 9.25. The van der Waals surface area contributed by atoms with Gasteiger partial charge in [0.05, 0.1) is 17.1 Å². The average molecular weight is 461 g/mol. The van der Waals surface area contributed by atoms with Crippen LogP contribution in [0.4, 0.5) is 0 Å². The summed E-state index contributed by atoms with van der Waals surface area (Å²) >= 11 is 1.45.